The molecule has 0 bridgehead atoms. The molecule has 0 amide bonds. The Kier molecular flexibility index (Phi) is 7.56. The molecule has 7 nitrogen and oxygen atoms in total. The zero-order valence-corrected chi connectivity index (χ0v) is 16.1. The van der Waals surface area contributed by atoms with Crippen molar-refractivity contribution >= 4 is 17.3 Å². The lowest BCUT2D eigenvalue weighted by Crippen LogP contribution is -2.27. The Labute approximate surface area is 164 Å². The molecule has 2 aromatic rings. The van der Waals surface area contributed by atoms with Crippen molar-refractivity contribution in [1.82, 2.24) is 0 Å². The molecule has 2 rings (SSSR count). The van der Waals surface area contributed by atoms with Gasteiger partial charge in [-0.05, 0) is 62.4 Å². The summed E-state index contributed by atoms with van der Waals surface area (Å²) in [7, 11) is 0. The van der Waals surface area contributed by atoms with Gasteiger partial charge >= 0.3 is 5.97 Å². The number of anilines is 2. The standard InChI is InChI=1S/C21H26N2O5/c1-14(15(2)27-19-8-4-17(22)5-9-19)25-12-13-26-21(24)16(3)28-20-10-6-18(23)7-11-20/h4-11,15-16H,1,12-13,22-23H2,2-3H3. The van der Waals surface area contributed by atoms with E-state index in [1.54, 1.807) is 55.5 Å². The lowest BCUT2D eigenvalue weighted by molar-refractivity contribution is -0.152. The van der Waals surface area contributed by atoms with E-state index in [9.17, 15) is 4.79 Å². The molecule has 0 aliphatic carbocycles. The molecule has 7 heteroatoms. The number of nitrogen functional groups attached to an aromatic ring is 2. The maximum atomic E-state index is 12.0. The Morgan fingerprint density at radius 1 is 0.821 bits per heavy atom. The monoisotopic (exact) mass is 386 g/mol. The van der Waals surface area contributed by atoms with Crippen LogP contribution in [-0.4, -0.2) is 31.4 Å². The molecule has 2 atom stereocenters. The molecule has 150 valence electrons. The van der Waals surface area contributed by atoms with Gasteiger partial charge in [0.05, 0.1) is 0 Å². The fourth-order valence-corrected chi connectivity index (χ4v) is 2.16. The van der Waals surface area contributed by atoms with Crippen LogP contribution in [0.5, 0.6) is 11.5 Å². The molecule has 0 fully saturated rings. The van der Waals surface area contributed by atoms with Crippen molar-refractivity contribution < 1.29 is 23.7 Å². The number of nitrogens with two attached hydrogens (primary N) is 2. The Balaban J connectivity index is 1.66. The number of hydrogen-bond donors (Lipinski definition) is 2. The molecular formula is C21H26N2O5. The summed E-state index contributed by atoms with van der Waals surface area (Å²) in [5, 5.41) is 0. The first-order chi connectivity index (χ1) is 13.3. The van der Waals surface area contributed by atoms with Gasteiger partial charge in [0, 0.05) is 11.4 Å². The van der Waals surface area contributed by atoms with Gasteiger partial charge in [0.2, 0.25) is 0 Å². The van der Waals surface area contributed by atoms with E-state index in [2.05, 4.69) is 6.58 Å². The Hall–Kier alpha value is -3.35. The van der Waals surface area contributed by atoms with Crippen molar-refractivity contribution in [2.75, 3.05) is 24.7 Å². The van der Waals surface area contributed by atoms with Crippen LogP contribution in [0.4, 0.5) is 11.4 Å². The van der Waals surface area contributed by atoms with Crippen LogP contribution in [-0.2, 0) is 14.3 Å². The minimum atomic E-state index is -0.750. The van der Waals surface area contributed by atoms with Gasteiger partial charge < -0.3 is 30.4 Å². The first-order valence-corrected chi connectivity index (χ1v) is 8.88. The quantitative estimate of drug-likeness (QED) is 0.280. The van der Waals surface area contributed by atoms with Gasteiger partial charge in [-0.25, -0.2) is 4.79 Å². The molecule has 4 N–H and O–H groups in total. The van der Waals surface area contributed by atoms with Crippen LogP contribution in [0.15, 0.2) is 60.9 Å². The maximum absolute atomic E-state index is 12.0. The minimum Gasteiger partial charge on any atom is -0.491 e. The second kappa shape index (κ2) is 10.1. The van der Waals surface area contributed by atoms with E-state index >= 15 is 0 Å². The summed E-state index contributed by atoms with van der Waals surface area (Å²) in [6, 6.07) is 13.8. The van der Waals surface area contributed by atoms with Gasteiger partial charge in [0.25, 0.3) is 0 Å². The predicted molar refractivity (Wildman–Crippen MR) is 108 cm³/mol. The van der Waals surface area contributed by atoms with Gasteiger partial charge in [-0.1, -0.05) is 6.58 Å². The third-order valence-electron chi connectivity index (χ3n) is 3.79. The molecule has 0 heterocycles. The van der Waals surface area contributed by atoms with Crippen LogP contribution >= 0.6 is 0 Å². The molecule has 0 radical (unpaired) electrons. The summed E-state index contributed by atoms with van der Waals surface area (Å²) in [4.78, 5) is 12.0. The summed E-state index contributed by atoms with van der Waals surface area (Å²) < 4.78 is 21.8. The Bertz CT molecular complexity index is 707. The Morgan fingerprint density at radius 2 is 1.25 bits per heavy atom. The highest BCUT2D eigenvalue weighted by atomic mass is 16.6. The first-order valence-electron chi connectivity index (χ1n) is 8.88. The largest absolute Gasteiger partial charge is 0.491 e. The van der Waals surface area contributed by atoms with Crippen molar-refractivity contribution in [1.29, 1.82) is 0 Å². The average molecular weight is 386 g/mol. The predicted octanol–water partition coefficient (Wildman–Crippen LogP) is 3.16. The van der Waals surface area contributed by atoms with Gasteiger partial charge in [-0.3, -0.25) is 0 Å². The lowest BCUT2D eigenvalue weighted by atomic mass is 10.3. The molecule has 2 unspecified atom stereocenters. The summed E-state index contributed by atoms with van der Waals surface area (Å²) in [5.74, 6) is 1.14. The minimum absolute atomic E-state index is 0.0713. The van der Waals surface area contributed by atoms with Crippen LogP contribution in [0.3, 0.4) is 0 Å². The van der Waals surface area contributed by atoms with Crippen molar-refractivity contribution in [3.8, 4) is 11.5 Å². The molecule has 0 aromatic heterocycles. The van der Waals surface area contributed by atoms with E-state index in [0.29, 0.717) is 28.6 Å². The summed E-state index contributed by atoms with van der Waals surface area (Å²) in [6.07, 6.45) is -1.12. The Morgan fingerprint density at radius 3 is 1.75 bits per heavy atom. The number of rotatable bonds is 10. The summed E-state index contributed by atoms with van der Waals surface area (Å²) >= 11 is 0. The summed E-state index contributed by atoms with van der Waals surface area (Å²) in [6.45, 7) is 7.49. The van der Waals surface area contributed by atoms with E-state index in [1.165, 1.54) is 0 Å². The SMILES string of the molecule is C=C(OCCOC(=O)C(C)Oc1ccc(N)cc1)C(C)Oc1ccc(N)cc1. The van der Waals surface area contributed by atoms with E-state index in [-0.39, 0.29) is 19.3 Å². The highest BCUT2D eigenvalue weighted by Crippen LogP contribution is 2.18. The fourth-order valence-electron chi connectivity index (χ4n) is 2.16. The number of carbonyl (C=O) groups excluding carboxylic acids is 1. The third kappa shape index (κ3) is 6.75. The van der Waals surface area contributed by atoms with Crippen LogP contribution < -0.4 is 20.9 Å². The zero-order valence-electron chi connectivity index (χ0n) is 16.1. The van der Waals surface area contributed by atoms with Crippen molar-refractivity contribution in [3.63, 3.8) is 0 Å². The number of benzene rings is 2. The maximum Gasteiger partial charge on any atom is 0.347 e. The normalized spacial score (nSPS) is 12.5. The smallest absolute Gasteiger partial charge is 0.347 e. The van der Waals surface area contributed by atoms with Gasteiger partial charge in [-0.15, -0.1) is 0 Å². The number of hydrogen-bond acceptors (Lipinski definition) is 7. The fraction of sp³-hybridized carbons (Fsp3) is 0.286. The van der Waals surface area contributed by atoms with Crippen molar-refractivity contribution in [2.24, 2.45) is 0 Å². The van der Waals surface area contributed by atoms with E-state index in [0.717, 1.165) is 0 Å². The highest BCUT2D eigenvalue weighted by molar-refractivity contribution is 5.74. The third-order valence-corrected chi connectivity index (χ3v) is 3.79. The van der Waals surface area contributed by atoms with Gasteiger partial charge in [0.1, 0.15) is 30.5 Å². The molecule has 0 aliphatic rings. The second-order valence-corrected chi connectivity index (χ2v) is 6.14. The average Bonchev–Trinajstić information content (AvgIpc) is 2.68. The number of esters is 1. The molecule has 0 saturated heterocycles. The molecule has 2 aromatic carbocycles. The van der Waals surface area contributed by atoms with Crippen LogP contribution in [0.25, 0.3) is 0 Å². The second-order valence-electron chi connectivity index (χ2n) is 6.14. The zero-order chi connectivity index (χ0) is 20.5. The molecule has 28 heavy (non-hydrogen) atoms. The van der Waals surface area contributed by atoms with Crippen LogP contribution in [0.2, 0.25) is 0 Å². The number of ether oxygens (including phenoxy) is 4. The summed E-state index contributed by atoms with van der Waals surface area (Å²) in [5.41, 5.74) is 12.5. The molecule has 0 aliphatic heterocycles. The van der Waals surface area contributed by atoms with Crippen LogP contribution in [0, 0.1) is 0 Å². The topological polar surface area (TPSA) is 106 Å². The van der Waals surface area contributed by atoms with E-state index in [4.69, 9.17) is 30.4 Å². The van der Waals surface area contributed by atoms with E-state index in [1.807, 2.05) is 6.92 Å². The number of carbonyl (C=O) groups is 1. The van der Waals surface area contributed by atoms with E-state index < -0.39 is 12.1 Å². The molecule has 0 spiro atoms. The lowest BCUT2D eigenvalue weighted by Gasteiger charge is -2.18. The van der Waals surface area contributed by atoms with Crippen molar-refractivity contribution in [2.45, 2.75) is 26.1 Å². The molecule has 0 saturated carbocycles. The highest BCUT2D eigenvalue weighted by Gasteiger charge is 2.17. The molecular weight excluding hydrogens is 360 g/mol. The van der Waals surface area contributed by atoms with Gasteiger partial charge in [0.15, 0.2) is 12.2 Å². The van der Waals surface area contributed by atoms with Crippen LogP contribution in [0.1, 0.15) is 13.8 Å². The van der Waals surface area contributed by atoms with Gasteiger partial charge in [-0.2, -0.15) is 0 Å². The van der Waals surface area contributed by atoms with Crippen molar-refractivity contribution in [3.05, 3.63) is 60.9 Å². The first kappa shape index (κ1) is 21.0.